The summed E-state index contributed by atoms with van der Waals surface area (Å²) in [5, 5.41) is 8.59. The topological polar surface area (TPSA) is 37.3 Å². The van der Waals surface area contributed by atoms with E-state index in [0.29, 0.717) is 6.42 Å². The lowest BCUT2D eigenvalue weighted by atomic mass is 10.1. The Kier molecular flexibility index (Phi) is 16.4. The Labute approximate surface area is 131 Å². The van der Waals surface area contributed by atoms with Crippen LogP contribution in [0.4, 0.5) is 0 Å². The van der Waals surface area contributed by atoms with Crippen LogP contribution in [0.1, 0.15) is 84.0 Å². The molecule has 0 atom stereocenters. The molecular formula is C19H34O2. The highest BCUT2D eigenvalue weighted by Crippen LogP contribution is 2.08. The number of Topliss-reactive ketones (excluding diaryl/α,β-unsaturated/α-hetero) is 1. The van der Waals surface area contributed by atoms with Crippen molar-refractivity contribution in [3.63, 3.8) is 0 Å². The number of ketones is 1. The summed E-state index contributed by atoms with van der Waals surface area (Å²) in [6.45, 7) is 1.94. The van der Waals surface area contributed by atoms with E-state index >= 15 is 0 Å². The molecule has 0 aliphatic heterocycles. The van der Waals surface area contributed by atoms with Gasteiger partial charge in [0.1, 0.15) is 6.61 Å². The lowest BCUT2D eigenvalue weighted by Crippen LogP contribution is -2.02. The van der Waals surface area contributed by atoms with Crippen molar-refractivity contribution in [2.75, 3.05) is 6.61 Å². The number of hydrogen-bond acceptors (Lipinski definition) is 2. The SMILES string of the molecule is CCCCC/C=C\C/C=C\CCCCCCCC(=O)CO. The first-order chi connectivity index (χ1) is 10.3. The van der Waals surface area contributed by atoms with Crippen LogP contribution in [-0.4, -0.2) is 17.5 Å². The molecule has 0 heterocycles. The minimum Gasteiger partial charge on any atom is -0.389 e. The van der Waals surface area contributed by atoms with Crippen molar-refractivity contribution in [3.8, 4) is 0 Å². The number of rotatable bonds is 15. The van der Waals surface area contributed by atoms with Gasteiger partial charge in [-0.1, -0.05) is 63.3 Å². The monoisotopic (exact) mass is 294 g/mol. The van der Waals surface area contributed by atoms with Crippen molar-refractivity contribution in [3.05, 3.63) is 24.3 Å². The van der Waals surface area contributed by atoms with Crippen LogP contribution in [0.25, 0.3) is 0 Å². The summed E-state index contributed by atoms with van der Waals surface area (Å²) in [6, 6.07) is 0. The fourth-order valence-electron chi connectivity index (χ4n) is 2.21. The molecule has 0 saturated heterocycles. The number of aliphatic hydroxyl groups excluding tert-OH is 1. The van der Waals surface area contributed by atoms with Crippen LogP contribution in [-0.2, 0) is 4.79 Å². The zero-order chi connectivity index (χ0) is 15.6. The maximum absolute atomic E-state index is 10.9. The molecule has 0 bridgehead atoms. The van der Waals surface area contributed by atoms with Gasteiger partial charge in [-0.3, -0.25) is 4.79 Å². The molecule has 0 aromatic carbocycles. The molecule has 0 aromatic rings. The van der Waals surface area contributed by atoms with E-state index in [1.54, 1.807) is 0 Å². The van der Waals surface area contributed by atoms with Crippen LogP contribution in [0, 0.1) is 0 Å². The summed E-state index contributed by atoms with van der Waals surface area (Å²) >= 11 is 0. The smallest absolute Gasteiger partial charge is 0.158 e. The summed E-state index contributed by atoms with van der Waals surface area (Å²) in [5.41, 5.74) is 0. The summed E-state index contributed by atoms with van der Waals surface area (Å²) in [7, 11) is 0. The summed E-state index contributed by atoms with van der Waals surface area (Å²) < 4.78 is 0. The van der Waals surface area contributed by atoms with E-state index in [9.17, 15) is 4.79 Å². The number of hydrogen-bond donors (Lipinski definition) is 1. The Morgan fingerprint density at radius 3 is 2.00 bits per heavy atom. The van der Waals surface area contributed by atoms with Crippen LogP contribution in [0.3, 0.4) is 0 Å². The van der Waals surface area contributed by atoms with E-state index in [1.165, 1.54) is 51.4 Å². The van der Waals surface area contributed by atoms with Gasteiger partial charge in [0.15, 0.2) is 5.78 Å². The van der Waals surface area contributed by atoms with E-state index < -0.39 is 0 Å². The summed E-state index contributed by atoms with van der Waals surface area (Å²) in [5.74, 6) is -0.0271. The second-order valence-electron chi connectivity index (χ2n) is 5.68. The molecule has 0 aliphatic carbocycles. The molecule has 2 heteroatoms. The number of aliphatic hydroxyl groups is 1. The van der Waals surface area contributed by atoms with Crippen LogP contribution in [0.5, 0.6) is 0 Å². The summed E-state index contributed by atoms with van der Waals surface area (Å²) in [4.78, 5) is 10.9. The van der Waals surface area contributed by atoms with Gasteiger partial charge >= 0.3 is 0 Å². The average molecular weight is 294 g/mol. The van der Waals surface area contributed by atoms with Gasteiger partial charge < -0.3 is 5.11 Å². The van der Waals surface area contributed by atoms with Gasteiger partial charge in [0.25, 0.3) is 0 Å². The van der Waals surface area contributed by atoms with Crippen LogP contribution < -0.4 is 0 Å². The quantitative estimate of drug-likeness (QED) is 0.326. The molecular weight excluding hydrogens is 260 g/mol. The van der Waals surface area contributed by atoms with Gasteiger partial charge in [-0.25, -0.2) is 0 Å². The zero-order valence-corrected chi connectivity index (χ0v) is 13.9. The third kappa shape index (κ3) is 17.1. The lowest BCUT2D eigenvalue weighted by molar-refractivity contribution is -0.121. The van der Waals surface area contributed by atoms with Crippen molar-refractivity contribution in [2.24, 2.45) is 0 Å². The molecule has 122 valence electrons. The van der Waals surface area contributed by atoms with Gasteiger partial charge in [-0.15, -0.1) is 0 Å². The molecule has 0 rings (SSSR count). The third-order valence-corrected chi connectivity index (χ3v) is 3.58. The maximum Gasteiger partial charge on any atom is 0.158 e. The molecule has 0 spiro atoms. The first-order valence-corrected chi connectivity index (χ1v) is 8.73. The molecule has 2 nitrogen and oxygen atoms in total. The predicted molar refractivity (Wildman–Crippen MR) is 91.5 cm³/mol. The van der Waals surface area contributed by atoms with Gasteiger partial charge in [-0.05, 0) is 38.5 Å². The Morgan fingerprint density at radius 2 is 1.38 bits per heavy atom. The van der Waals surface area contributed by atoms with Gasteiger partial charge in [0.2, 0.25) is 0 Å². The largest absolute Gasteiger partial charge is 0.389 e. The zero-order valence-electron chi connectivity index (χ0n) is 13.9. The molecule has 0 aromatic heterocycles. The minimum absolute atomic E-state index is 0.0271. The highest BCUT2D eigenvalue weighted by molar-refractivity contribution is 5.79. The molecule has 0 radical (unpaired) electrons. The maximum atomic E-state index is 10.9. The second kappa shape index (κ2) is 17.2. The fraction of sp³-hybridized carbons (Fsp3) is 0.737. The number of allylic oxidation sites excluding steroid dienone is 4. The number of carbonyl (C=O) groups excluding carboxylic acids is 1. The van der Waals surface area contributed by atoms with E-state index in [4.69, 9.17) is 5.11 Å². The van der Waals surface area contributed by atoms with E-state index in [1.807, 2.05) is 0 Å². The standard InChI is InChI=1S/C19H34O2/c1-2-3-4-5-6-7-8-9-10-11-12-13-14-15-16-17-19(21)18-20/h6-7,9-10,20H,2-5,8,11-18H2,1H3/b7-6-,10-9-. The van der Waals surface area contributed by atoms with Crippen molar-refractivity contribution in [1.82, 2.24) is 0 Å². The lowest BCUT2D eigenvalue weighted by Gasteiger charge is -1.99. The Balaban J connectivity index is 3.20. The number of unbranched alkanes of at least 4 members (excludes halogenated alkanes) is 8. The molecule has 0 aliphatic rings. The predicted octanol–water partition coefficient (Wildman–Crippen LogP) is 5.36. The van der Waals surface area contributed by atoms with Crippen LogP contribution in [0.2, 0.25) is 0 Å². The summed E-state index contributed by atoms with van der Waals surface area (Å²) in [6.07, 6.45) is 22.8. The van der Waals surface area contributed by atoms with E-state index in [0.717, 1.165) is 19.3 Å². The first-order valence-electron chi connectivity index (χ1n) is 8.73. The highest BCUT2D eigenvalue weighted by Gasteiger charge is 1.98. The highest BCUT2D eigenvalue weighted by atomic mass is 16.3. The van der Waals surface area contributed by atoms with Crippen LogP contribution in [0.15, 0.2) is 24.3 Å². The Morgan fingerprint density at radius 1 is 0.810 bits per heavy atom. The first kappa shape index (κ1) is 20.1. The van der Waals surface area contributed by atoms with Crippen molar-refractivity contribution >= 4 is 5.78 Å². The Bertz CT molecular complexity index is 279. The van der Waals surface area contributed by atoms with Crippen molar-refractivity contribution in [1.29, 1.82) is 0 Å². The van der Waals surface area contributed by atoms with Gasteiger partial charge in [-0.2, -0.15) is 0 Å². The molecule has 1 N–H and O–H groups in total. The molecule has 0 unspecified atom stereocenters. The fourth-order valence-corrected chi connectivity index (χ4v) is 2.21. The Hall–Kier alpha value is -0.890. The second-order valence-corrected chi connectivity index (χ2v) is 5.68. The number of carbonyl (C=O) groups is 1. The van der Waals surface area contributed by atoms with Crippen molar-refractivity contribution < 1.29 is 9.90 Å². The molecule has 0 saturated carbocycles. The van der Waals surface area contributed by atoms with Gasteiger partial charge in [0, 0.05) is 6.42 Å². The third-order valence-electron chi connectivity index (χ3n) is 3.58. The van der Waals surface area contributed by atoms with E-state index in [-0.39, 0.29) is 12.4 Å². The molecule has 0 amide bonds. The van der Waals surface area contributed by atoms with Crippen LogP contribution >= 0.6 is 0 Å². The molecule has 0 fully saturated rings. The average Bonchev–Trinajstić information content (AvgIpc) is 2.50. The molecule has 21 heavy (non-hydrogen) atoms. The van der Waals surface area contributed by atoms with E-state index in [2.05, 4.69) is 31.2 Å². The minimum atomic E-state index is -0.294. The normalized spacial score (nSPS) is 11.7. The van der Waals surface area contributed by atoms with Crippen molar-refractivity contribution in [2.45, 2.75) is 84.0 Å². The van der Waals surface area contributed by atoms with Gasteiger partial charge in [0.05, 0.1) is 0 Å².